The number of rotatable bonds is 9. The first kappa shape index (κ1) is 24.5. The molecular weight excluding hydrogens is 450 g/mol. The standard InChI is InChI=1S/C23H30ClN3O4S/c1-26(2)32(29,30)21-11-9-20(10-12-21)31-15-13-25-23(28)19-7-5-14-27(17-19)16-18-6-3-4-8-22(18)24/h3-4,6,8-12,19H,5,7,13-17H2,1-2H3,(H,25,28). The van der Waals surface area contributed by atoms with Gasteiger partial charge in [0.1, 0.15) is 12.4 Å². The molecule has 0 saturated carbocycles. The van der Waals surface area contributed by atoms with Gasteiger partial charge < -0.3 is 10.1 Å². The lowest BCUT2D eigenvalue weighted by Crippen LogP contribution is -2.43. The molecule has 1 N–H and O–H groups in total. The van der Waals surface area contributed by atoms with Crippen molar-refractivity contribution in [3.05, 3.63) is 59.1 Å². The Bertz CT molecular complexity index is 1010. The summed E-state index contributed by atoms with van der Waals surface area (Å²) in [5.41, 5.74) is 1.08. The molecule has 1 amide bonds. The van der Waals surface area contributed by atoms with Crippen molar-refractivity contribution in [2.45, 2.75) is 24.3 Å². The van der Waals surface area contributed by atoms with E-state index in [9.17, 15) is 13.2 Å². The van der Waals surface area contributed by atoms with Crippen LogP contribution in [0.15, 0.2) is 53.4 Å². The van der Waals surface area contributed by atoms with Crippen molar-refractivity contribution in [3.8, 4) is 5.75 Å². The zero-order chi connectivity index (χ0) is 23.1. The predicted octanol–water partition coefficient (Wildman–Crippen LogP) is 3.00. The minimum absolute atomic E-state index is 0.0323. The van der Waals surface area contributed by atoms with E-state index in [0.717, 1.165) is 36.5 Å². The van der Waals surface area contributed by atoms with Crippen molar-refractivity contribution < 1.29 is 17.9 Å². The van der Waals surface area contributed by atoms with Gasteiger partial charge >= 0.3 is 0 Å². The van der Waals surface area contributed by atoms with E-state index in [0.29, 0.717) is 25.4 Å². The lowest BCUT2D eigenvalue weighted by atomic mass is 9.96. The smallest absolute Gasteiger partial charge is 0.242 e. The SMILES string of the molecule is CN(C)S(=O)(=O)c1ccc(OCCNC(=O)C2CCCN(Cc3ccccc3Cl)C2)cc1. The van der Waals surface area contributed by atoms with Gasteiger partial charge in [-0.2, -0.15) is 0 Å². The number of nitrogens with one attached hydrogen (secondary N) is 1. The highest BCUT2D eigenvalue weighted by Crippen LogP contribution is 2.22. The zero-order valence-electron chi connectivity index (χ0n) is 18.5. The Labute approximate surface area is 195 Å². The average Bonchev–Trinajstić information content (AvgIpc) is 2.78. The third-order valence-corrected chi connectivity index (χ3v) is 7.70. The maximum absolute atomic E-state index is 12.6. The molecule has 0 aliphatic carbocycles. The van der Waals surface area contributed by atoms with E-state index < -0.39 is 10.0 Å². The number of sulfonamides is 1. The molecular formula is C23H30ClN3O4S. The van der Waals surface area contributed by atoms with Crippen LogP contribution in [0.3, 0.4) is 0 Å². The number of hydrogen-bond acceptors (Lipinski definition) is 5. The van der Waals surface area contributed by atoms with Gasteiger partial charge in [0.2, 0.25) is 15.9 Å². The molecule has 32 heavy (non-hydrogen) atoms. The lowest BCUT2D eigenvalue weighted by Gasteiger charge is -2.32. The Morgan fingerprint density at radius 1 is 1.19 bits per heavy atom. The van der Waals surface area contributed by atoms with Crippen molar-refractivity contribution in [2.24, 2.45) is 5.92 Å². The third-order valence-electron chi connectivity index (χ3n) is 5.50. The highest BCUT2D eigenvalue weighted by atomic mass is 35.5. The molecule has 7 nitrogen and oxygen atoms in total. The summed E-state index contributed by atoms with van der Waals surface area (Å²) in [6.45, 7) is 3.10. The summed E-state index contributed by atoms with van der Waals surface area (Å²) >= 11 is 6.27. The van der Waals surface area contributed by atoms with Crippen molar-refractivity contribution in [1.82, 2.24) is 14.5 Å². The topological polar surface area (TPSA) is 79.0 Å². The normalized spacial score (nSPS) is 17.3. The van der Waals surface area contributed by atoms with Gasteiger partial charge in [-0.3, -0.25) is 9.69 Å². The minimum Gasteiger partial charge on any atom is -0.492 e. The fraction of sp³-hybridized carbons (Fsp3) is 0.435. The predicted molar refractivity (Wildman–Crippen MR) is 125 cm³/mol. The second kappa shape index (κ2) is 11.1. The Kier molecular flexibility index (Phi) is 8.53. The van der Waals surface area contributed by atoms with Gasteiger partial charge in [0.25, 0.3) is 0 Å². The van der Waals surface area contributed by atoms with Crippen LogP contribution in [-0.2, 0) is 21.4 Å². The Morgan fingerprint density at radius 3 is 2.59 bits per heavy atom. The largest absolute Gasteiger partial charge is 0.492 e. The van der Waals surface area contributed by atoms with Gasteiger partial charge in [-0.05, 0) is 55.3 Å². The first-order chi connectivity index (χ1) is 15.3. The van der Waals surface area contributed by atoms with E-state index in [2.05, 4.69) is 10.2 Å². The third kappa shape index (κ3) is 6.45. The number of hydrogen-bond donors (Lipinski definition) is 1. The van der Waals surface area contributed by atoms with Gasteiger partial charge in [-0.15, -0.1) is 0 Å². The van der Waals surface area contributed by atoms with Gasteiger partial charge in [-0.1, -0.05) is 29.8 Å². The van der Waals surface area contributed by atoms with E-state index >= 15 is 0 Å². The molecule has 1 unspecified atom stereocenters. The number of amides is 1. The molecule has 0 radical (unpaired) electrons. The molecule has 1 fully saturated rings. The van der Waals surface area contributed by atoms with Crippen molar-refractivity contribution in [3.63, 3.8) is 0 Å². The summed E-state index contributed by atoms with van der Waals surface area (Å²) in [5, 5.41) is 3.70. The minimum atomic E-state index is -3.46. The molecule has 1 atom stereocenters. The van der Waals surface area contributed by atoms with E-state index in [-0.39, 0.29) is 16.7 Å². The highest BCUT2D eigenvalue weighted by molar-refractivity contribution is 7.89. The number of ether oxygens (including phenoxy) is 1. The molecule has 0 bridgehead atoms. The first-order valence-corrected chi connectivity index (χ1v) is 12.5. The Morgan fingerprint density at radius 2 is 1.91 bits per heavy atom. The summed E-state index contributed by atoms with van der Waals surface area (Å²) in [7, 11) is -0.478. The molecule has 1 saturated heterocycles. The number of likely N-dealkylation sites (tertiary alicyclic amines) is 1. The maximum Gasteiger partial charge on any atom is 0.242 e. The maximum atomic E-state index is 12.6. The van der Waals surface area contributed by atoms with Crippen LogP contribution in [-0.4, -0.2) is 63.9 Å². The fourth-order valence-electron chi connectivity index (χ4n) is 3.69. The fourth-order valence-corrected chi connectivity index (χ4v) is 4.78. The number of carbonyl (C=O) groups is 1. The first-order valence-electron chi connectivity index (χ1n) is 10.7. The van der Waals surface area contributed by atoms with Crippen LogP contribution in [0.5, 0.6) is 5.75 Å². The summed E-state index contributed by atoms with van der Waals surface area (Å²) in [6, 6.07) is 14.1. The molecule has 2 aromatic carbocycles. The number of halogens is 1. The number of piperidine rings is 1. The monoisotopic (exact) mass is 479 g/mol. The molecule has 1 heterocycles. The average molecular weight is 480 g/mol. The van der Waals surface area contributed by atoms with Crippen LogP contribution in [0.4, 0.5) is 0 Å². The van der Waals surface area contributed by atoms with Gasteiger partial charge in [0.15, 0.2) is 0 Å². The summed E-state index contributed by atoms with van der Waals surface area (Å²) in [4.78, 5) is 15.1. The molecule has 3 rings (SSSR count). The van der Waals surface area contributed by atoms with Gasteiger partial charge in [0.05, 0.1) is 17.4 Å². The van der Waals surface area contributed by atoms with Crippen LogP contribution in [0.25, 0.3) is 0 Å². The van der Waals surface area contributed by atoms with Crippen LogP contribution in [0, 0.1) is 5.92 Å². The van der Waals surface area contributed by atoms with Gasteiger partial charge in [-0.25, -0.2) is 12.7 Å². The van der Waals surface area contributed by atoms with Crippen molar-refractivity contribution >= 4 is 27.5 Å². The van der Waals surface area contributed by atoms with Gasteiger partial charge in [0, 0.05) is 32.2 Å². The van der Waals surface area contributed by atoms with Crippen LogP contribution < -0.4 is 10.1 Å². The van der Waals surface area contributed by atoms with Crippen LogP contribution in [0.1, 0.15) is 18.4 Å². The molecule has 2 aromatic rings. The molecule has 9 heteroatoms. The Hall–Kier alpha value is -2.13. The van der Waals surface area contributed by atoms with E-state index in [1.807, 2.05) is 24.3 Å². The van der Waals surface area contributed by atoms with E-state index in [1.165, 1.54) is 30.5 Å². The zero-order valence-corrected chi connectivity index (χ0v) is 20.0. The van der Waals surface area contributed by atoms with Crippen LogP contribution in [0.2, 0.25) is 5.02 Å². The number of carbonyl (C=O) groups excluding carboxylic acids is 1. The van der Waals surface area contributed by atoms with Crippen LogP contribution >= 0.6 is 11.6 Å². The Balaban J connectivity index is 1.42. The van der Waals surface area contributed by atoms with E-state index in [4.69, 9.17) is 16.3 Å². The summed E-state index contributed by atoms with van der Waals surface area (Å²) in [5.74, 6) is 0.534. The van der Waals surface area contributed by atoms with Crippen molar-refractivity contribution in [2.75, 3.05) is 40.3 Å². The molecule has 174 valence electrons. The van der Waals surface area contributed by atoms with E-state index in [1.54, 1.807) is 12.1 Å². The molecule has 1 aliphatic heterocycles. The molecule has 1 aliphatic rings. The molecule has 0 aromatic heterocycles. The number of benzene rings is 2. The quantitative estimate of drug-likeness (QED) is 0.559. The second-order valence-electron chi connectivity index (χ2n) is 8.06. The summed E-state index contributed by atoms with van der Waals surface area (Å²) in [6.07, 6.45) is 1.84. The summed E-state index contributed by atoms with van der Waals surface area (Å²) < 4.78 is 31.0. The molecule has 0 spiro atoms. The van der Waals surface area contributed by atoms with Crippen molar-refractivity contribution in [1.29, 1.82) is 0 Å². The second-order valence-corrected chi connectivity index (χ2v) is 10.6. The lowest BCUT2D eigenvalue weighted by molar-refractivity contribution is -0.126. The number of nitrogens with zero attached hydrogens (tertiary/aromatic N) is 2. The highest BCUT2D eigenvalue weighted by Gasteiger charge is 2.26.